The summed E-state index contributed by atoms with van der Waals surface area (Å²) in [6, 6.07) is 16.5. The molecule has 0 saturated heterocycles. The molecular formula is C21H18N4. The summed E-state index contributed by atoms with van der Waals surface area (Å²) < 4.78 is 0. The van der Waals surface area contributed by atoms with Crippen molar-refractivity contribution in [3.8, 4) is 11.3 Å². The lowest BCUT2D eigenvalue weighted by Gasteiger charge is -2.07. The predicted octanol–water partition coefficient (Wildman–Crippen LogP) is 4.17. The van der Waals surface area contributed by atoms with Crippen LogP contribution in [0.4, 0.5) is 5.82 Å². The highest BCUT2D eigenvalue weighted by Crippen LogP contribution is 2.22. The van der Waals surface area contributed by atoms with E-state index in [1.54, 1.807) is 6.20 Å². The molecule has 0 amide bonds. The molecule has 4 aromatic rings. The van der Waals surface area contributed by atoms with E-state index in [2.05, 4.69) is 39.2 Å². The number of hydrogen-bond donors (Lipinski definition) is 1. The van der Waals surface area contributed by atoms with Crippen molar-refractivity contribution < 1.29 is 0 Å². The number of aryl methyl sites for hydroxylation is 1. The molecule has 0 fully saturated rings. The van der Waals surface area contributed by atoms with Gasteiger partial charge in [-0.2, -0.15) is 0 Å². The van der Waals surface area contributed by atoms with Gasteiger partial charge in [-0.05, 0) is 54.1 Å². The van der Waals surface area contributed by atoms with Crippen molar-refractivity contribution in [2.24, 2.45) is 0 Å². The molecule has 0 aliphatic rings. The smallest absolute Gasteiger partial charge is 0.131 e. The molecule has 4 rings (SSSR count). The quantitative estimate of drug-likeness (QED) is 0.613. The fraction of sp³-hybridized carbons (Fsp3) is 0.0952. The number of nitrogens with zero attached hydrogens (tertiary/aromatic N) is 3. The molecule has 4 heteroatoms. The third-order valence-corrected chi connectivity index (χ3v) is 4.29. The van der Waals surface area contributed by atoms with Crippen LogP contribution in [0.15, 0.2) is 67.1 Å². The maximum absolute atomic E-state index is 5.92. The second-order valence-electron chi connectivity index (χ2n) is 6.17. The van der Waals surface area contributed by atoms with Crippen LogP contribution >= 0.6 is 0 Å². The van der Waals surface area contributed by atoms with Crippen molar-refractivity contribution in [2.75, 3.05) is 5.73 Å². The number of anilines is 1. The zero-order chi connectivity index (χ0) is 17.2. The van der Waals surface area contributed by atoms with Crippen LogP contribution in [0, 0.1) is 6.92 Å². The van der Waals surface area contributed by atoms with Gasteiger partial charge in [-0.15, -0.1) is 0 Å². The average Bonchev–Trinajstić information content (AvgIpc) is 2.62. The van der Waals surface area contributed by atoms with Gasteiger partial charge >= 0.3 is 0 Å². The second-order valence-corrected chi connectivity index (χ2v) is 6.17. The van der Waals surface area contributed by atoms with E-state index in [-0.39, 0.29) is 0 Å². The summed E-state index contributed by atoms with van der Waals surface area (Å²) in [5.74, 6) is 0.572. The molecule has 0 unspecified atom stereocenters. The van der Waals surface area contributed by atoms with Gasteiger partial charge in [0, 0.05) is 35.2 Å². The molecular weight excluding hydrogens is 308 g/mol. The summed E-state index contributed by atoms with van der Waals surface area (Å²) in [5, 5.41) is 2.11. The third kappa shape index (κ3) is 3.19. The van der Waals surface area contributed by atoms with E-state index in [9.17, 15) is 0 Å². The van der Waals surface area contributed by atoms with Crippen LogP contribution in [0.2, 0.25) is 0 Å². The Hall–Kier alpha value is -3.27. The molecule has 0 bridgehead atoms. The Balaban J connectivity index is 1.59. The SMILES string of the molecule is Cc1cc(-c2ccc(Cc3ccc4c(N)nccc4c3)cn2)ccn1. The molecule has 0 aliphatic heterocycles. The molecule has 25 heavy (non-hydrogen) atoms. The summed E-state index contributed by atoms with van der Waals surface area (Å²) in [4.78, 5) is 13.0. The first-order valence-electron chi connectivity index (χ1n) is 8.20. The molecule has 3 heterocycles. The summed E-state index contributed by atoms with van der Waals surface area (Å²) >= 11 is 0. The van der Waals surface area contributed by atoms with Crippen molar-refractivity contribution in [2.45, 2.75) is 13.3 Å². The number of benzene rings is 1. The Bertz CT molecular complexity index is 1040. The Morgan fingerprint density at radius 3 is 2.48 bits per heavy atom. The van der Waals surface area contributed by atoms with E-state index in [4.69, 9.17) is 5.73 Å². The molecule has 0 spiro atoms. The van der Waals surface area contributed by atoms with E-state index >= 15 is 0 Å². The zero-order valence-electron chi connectivity index (χ0n) is 14.0. The minimum absolute atomic E-state index is 0.572. The fourth-order valence-corrected chi connectivity index (χ4v) is 3.00. The molecule has 4 nitrogen and oxygen atoms in total. The molecule has 0 aliphatic carbocycles. The number of rotatable bonds is 3. The Morgan fingerprint density at radius 2 is 1.68 bits per heavy atom. The van der Waals surface area contributed by atoms with Gasteiger partial charge in [0.25, 0.3) is 0 Å². The first-order chi connectivity index (χ1) is 12.2. The van der Waals surface area contributed by atoms with Crippen LogP contribution in [-0.4, -0.2) is 15.0 Å². The summed E-state index contributed by atoms with van der Waals surface area (Å²) in [7, 11) is 0. The van der Waals surface area contributed by atoms with Crippen LogP contribution < -0.4 is 5.73 Å². The standard InChI is InChI=1S/C21H18N4/c1-14-10-18(7-8-23-14)20-5-3-16(13-25-20)11-15-2-4-19-17(12-15)6-9-24-21(19)22/h2-10,12-13H,11H2,1H3,(H2,22,24). The van der Waals surface area contributed by atoms with Crippen molar-refractivity contribution in [3.63, 3.8) is 0 Å². The average molecular weight is 326 g/mol. The fourth-order valence-electron chi connectivity index (χ4n) is 3.00. The minimum Gasteiger partial charge on any atom is -0.383 e. The van der Waals surface area contributed by atoms with Crippen LogP contribution in [0.3, 0.4) is 0 Å². The summed E-state index contributed by atoms with van der Waals surface area (Å²) in [6.07, 6.45) is 6.33. The number of hydrogen-bond acceptors (Lipinski definition) is 4. The maximum Gasteiger partial charge on any atom is 0.131 e. The normalized spacial score (nSPS) is 10.9. The Morgan fingerprint density at radius 1 is 0.840 bits per heavy atom. The highest BCUT2D eigenvalue weighted by Gasteiger charge is 2.04. The lowest BCUT2D eigenvalue weighted by Crippen LogP contribution is -1.94. The number of aromatic nitrogens is 3. The van der Waals surface area contributed by atoms with Gasteiger partial charge in [0.1, 0.15) is 5.82 Å². The molecule has 122 valence electrons. The highest BCUT2D eigenvalue weighted by atomic mass is 14.8. The first-order valence-corrected chi connectivity index (χ1v) is 8.20. The van der Waals surface area contributed by atoms with Crippen molar-refractivity contribution >= 4 is 16.6 Å². The molecule has 1 aromatic carbocycles. The van der Waals surface area contributed by atoms with E-state index in [1.807, 2.05) is 43.6 Å². The topological polar surface area (TPSA) is 64.7 Å². The van der Waals surface area contributed by atoms with E-state index in [1.165, 1.54) is 11.1 Å². The zero-order valence-corrected chi connectivity index (χ0v) is 14.0. The molecule has 3 aromatic heterocycles. The van der Waals surface area contributed by atoms with Crippen LogP contribution in [0.1, 0.15) is 16.8 Å². The third-order valence-electron chi connectivity index (χ3n) is 4.29. The van der Waals surface area contributed by atoms with Gasteiger partial charge < -0.3 is 5.73 Å². The van der Waals surface area contributed by atoms with Crippen LogP contribution in [0.5, 0.6) is 0 Å². The Kier molecular flexibility index (Phi) is 3.86. The van der Waals surface area contributed by atoms with Gasteiger partial charge in [0.05, 0.1) is 5.69 Å². The van der Waals surface area contributed by atoms with Crippen LogP contribution in [0.25, 0.3) is 22.0 Å². The highest BCUT2D eigenvalue weighted by molar-refractivity contribution is 5.91. The van der Waals surface area contributed by atoms with Crippen molar-refractivity contribution in [1.29, 1.82) is 0 Å². The molecule has 0 atom stereocenters. The van der Waals surface area contributed by atoms with Crippen LogP contribution in [-0.2, 0) is 6.42 Å². The van der Waals surface area contributed by atoms with E-state index in [0.717, 1.165) is 34.1 Å². The van der Waals surface area contributed by atoms with Gasteiger partial charge in [-0.25, -0.2) is 4.98 Å². The summed E-state index contributed by atoms with van der Waals surface area (Å²) in [6.45, 7) is 1.99. The summed E-state index contributed by atoms with van der Waals surface area (Å²) in [5.41, 5.74) is 11.4. The van der Waals surface area contributed by atoms with Gasteiger partial charge in [-0.1, -0.05) is 24.3 Å². The number of nitrogen functional groups attached to an aromatic ring is 1. The van der Waals surface area contributed by atoms with Gasteiger partial charge in [0.15, 0.2) is 0 Å². The lowest BCUT2D eigenvalue weighted by molar-refractivity contribution is 1.14. The predicted molar refractivity (Wildman–Crippen MR) is 101 cm³/mol. The number of pyridine rings is 3. The molecule has 2 N–H and O–H groups in total. The second kappa shape index (κ2) is 6.32. The molecule has 0 radical (unpaired) electrons. The lowest BCUT2D eigenvalue weighted by atomic mass is 10.0. The van der Waals surface area contributed by atoms with E-state index < -0.39 is 0 Å². The number of nitrogens with two attached hydrogens (primary N) is 1. The van der Waals surface area contributed by atoms with E-state index in [0.29, 0.717) is 5.82 Å². The maximum atomic E-state index is 5.92. The van der Waals surface area contributed by atoms with Crippen molar-refractivity contribution in [3.05, 3.63) is 83.9 Å². The largest absolute Gasteiger partial charge is 0.383 e. The minimum atomic E-state index is 0.572. The monoisotopic (exact) mass is 326 g/mol. The van der Waals surface area contributed by atoms with Crippen molar-refractivity contribution in [1.82, 2.24) is 15.0 Å². The Labute approximate surface area is 146 Å². The van der Waals surface area contributed by atoms with Gasteiger partial charge in [-0.3, -0.25) is 9.97 Å². The first kappa shape index (κ1) is 15.3. The molecule has 0 saturated carbocycles. The van der Waals surface area contributed by atoms with Gasteiger partial charge in [0.2, 0.25) is 0 Å². The number of fused-ring (bicyclic) bond motifs is 1.